The molecule has 2 aliphatic heterocycles. The van der Waals surface area contributed by atoms with Crippen LogP contribution in [-0.2, 0) is 18.0 Å². The first-order chi connectivity index (χ1) is 15.7. The number of rotatable bonds is 6. The summed E-state index contributed by atoms with van der Waals surface area (Å²) in [4.78, 5) is 14.5. The number of benzene rings is 2. The van der Waals surface area contributed by atoms with Crippen LogP contribution in [0, 0.1) is 0 Å². The number of anilines is 1. The summed E-state index contributed by atoms with van der Waals surface area (Å²) < 4.78 is 18.7. The molecule has 0 radical (unpaired) electrons. The molecule has 0 bridgehead atoms. The largest absolute Gasteiger partial charge is 0.486 e. The molecule has 1 saturated heterocycles. The molecule has 1 fully saturated rings. The van der Waals surface area contributed by atoms with Gasteiger partial charge in [-0.25, -0.2) is 9.48 Å². The second-order valence-electron chi connectivity index (χ2n) is 7.85. The molecular weight excluding hydrogens is 410 g/mol. The predicted octanol–water partition coefficient (Wildman–Crippen LogP) is 3.25. The zero-order valence-corrected chi connectivity index (χ0v) is 17.6. The molecule has 166 valence electrons. The highest BCUT2D eigenvalue weighted by atomic mass is 16.6. The second kappa shape index (κ2) is 9.27. The summed E-state index contributed by atoms with van der Waals surface area (Å²) in [5.41, 5.74) is 2.58. The number of urea groups is 1. The summed E-state index contributed by atoms with van der Waals surface area (Å²) >= 11 is 0. The van der Waals surface area contributed by atoms with E-state index in [0.717, 1.165) is 17.7 Å². The third kappa shape index (κ3) is 4.67. The maximum Gasteiger partial charge on any atom is 0.321 e. The molecule has 9 heteroatoms. The number of nitrogens with zero attached hydrogens (tertiary/aromatic N) is 4. The number of likely N-dealkylation sites (tertiary alicyclic amines) is 1. The molecule has 0 saturated carbocycles. The van der Waals surface area contributed by atoms with E-state index in [1.54, 1.807) is 11.0 Å². The zero-order chi connectivity index (χ0) is 21.8. The summed E-state index contributed by atoms with van der Waals surface area (Å²) in [6.45, 7) is 3.21. The van der Waals surface area contributed by atoms with Crippen LogP contribution in [0.25, 0.3) is 0 Å². The third-order valence-electron chi connectivity index (χ3n) is 5.54. The van der Waals surface area contributed by atoms with Gasteiger partial charge in [0.2, 0.25) is 0 Å². The Bertz CT molecular complexity index is 1070. The van der Waals surface area contributed by atoms with Crippen molar-refractivity contribution < 1.29 is 19.0 Å². The Kier molecular flexibility index (Phi) is 5.89. The number of hydrogen-bond acceptors (Lipinski definition) is 6. The van der Waals surface area contributed by atoms with Gasteiger partial charge in [-0.3, -0.25) is 0 Å². The van der Waals surface area contributed by atoms with Gasteiger partial charge in [0, 0.05) is 24.8 Å². The number of aromatic nitrogens is 3. The number of nitrogens with one attached hydrogen (secondary N) is 1. The van der Waals surface area contributed by atoms with E-state index in [9.17, 15) is 4.79 Å². The molecule has 1 aromatic heterocycles. The van der Waals surface area contributed by atoms with Crippen LogP contribution in [0.3, 0.4) is 0 Å². The van der Waals surface area contributed by atoms with Crippen molar-refractivity contribution in [3.63, 3.8) is 0 Å². The van der Waals surface area contributed by atoms with Gasteiger partial charge in [0.1, 0.15) is 18.9 Å². The fourth-order valence-corrected chi connectivity index (χ4v) is 3.87. The molecule has 5 rings (SSSR count). The average Bonchev–Trinajstić information content (AvgIpc) is 3.50. The molecule has 0 spiro atoms. The number of hydrogen-bond donors (Lipinski definition) is 1. The number of amides is 2. The van der Waals surface area contributed by atoms with Crippen molar-refractivity contribution in [1.29, 1.82) is 0 Å². The molecule has 32 heavy (non-hydrogen) atoms. The van der Waals surface area contributed by atoms with Crippen LogP contribution >= 0.6 is 0 Å². The van der Waals surface area contributed by atoms with Crippen molar-refractivity contribution in [1.82, 2.24) is 19.9 Å². The fourth-order valence-electron chi connectivity index (χ4n) is 3.87. The van der Waals surface area contributed by atoms with E-state index in [4.69, 9.17) is 14.2 Å². The van der Waals surface area contributed by atoms with Crippen LogP contribution in [-0.4, -0.2) is 52.2 Å². The minimum absolute atomic E-state index is 0.0939. The van der Waals surface area contributed by atoms with E-state index in [1.165, 1.54) is 0 Å². The average molecular weight is 435 g/mol. The zero-order valence-electron chi connectivity index (χ0n) is 17.6. The molecule has 3 aromatic rings. The Morgan fingerprint density at radius 2 is 1.94 bits per heavy atom. The molecule has 0 aliphatic carbocycles. The first-order valence-electron chi connectivity index (χ1n) is 10.7. The van der Waals surface area contributed by atoms with Gasteiger partial charge in [0.05, 0.1) is 25.5 Å². The SMILES string of the molecule is O=C(Nc1ccc2c(c1)OCCO2)N1CCC(n2cc(COCc3ccccc3)nn2)C1. The van der Waals surface area contributed by atoms with Gasteiger partial charge in [0.15, 0.2) is 11.5 Å². The Morgan fingerprint density at radius 3 is 2.81 bits per heavy atom. The van der Waals surface area contributed by atoms with Crippen LogP contribution in [0.4, 0.5) is 10.5 Å². The lowest BCUT2D eigenvalue weighted by molar-refractivity contribution is 0.104. The van der Waals surface area contributed by atoms with Gasteiger partial charge in [0.25, 0.3) is 0 Å². The predicted molar refractivity (Wildman–Crippen MR) is 117 cm³/mol. The second-order valence-corrected chi connectivity index (χ2v) is 7.85. The van der Waals surface area contributed by atoms with Crippen molar-refractivity contribution in [2.45, 2.75) is 25.7 Å². The highest BCUT2D eigenvalue weighted by Gasteiger charge is 2.28. The van der Waals surface area contributed by atoms with E-state index >= 15 is 0 Å². The molecule has 3 heterocycles. The molecule has 1 unspecified atom stereocenters. The summed E-state index contributed by atoms with van der Waals surface area (Å²) in [7, 11) is 0. The monoisotopic (exact) mass is 435 g/mol. The Labute approximate surface area is 185 Å². The highest BCUT2D eigenvalue weighted by Crippen LogP contribution is 2.33. The molecule has 2 amide bonds. The van der Waals surface area contributed by atoms with Crippen molar-refractivity contribution >= 4 is 11.7 Å². The number of fused-ring (bicyclic) bond motifs is 1. The number of ether oxygens (including phenoxy) is 3. The number of carbonyl (C=O) groups is 1. The van der Waals surface area contributed by atoms with Gasteiger partial charge in [-0.2, -0.15) is 0 Å². The van der Waals surface area contributed by atoms with Crippen LogP contribution in [0.2, 0.25) is 0 Å². The van der Waals surface area contributed by atoms with Crippen LogP contribution in [0.15, 0.2) is 54.7 Å². The van der Waals surface area contributed by atoms with Gasteiger partial charge in [-0.1, -0.05) is 35.5 Å². The van der Waals surface area contributed by atoms with Crippen molar-refractivity contribution in [2.24, 2.45) is 0 Å². The summed E-state index contributed by atoms with van der Waals surface area (Å²) in [6.07, 6.45) is 2.72. The highest BCUT2D eigenvalue weighted by molar-refractivity contribution is 5.90. The van der Waals surface area contributed by atoms with Gasteiger partial charge >= 0.3 is 6.03 Å². The third-order valence-corrected chi connectivity index (χ3v) is 5.54. The summed E-state index contributed by atoms with van der Waals surface area (Å²) in [5, 5.41) is 11.4. The maximum absolute atomic E-state index is 12.7. The van der Waals surface area contributed by atoms with Gasteiger partial charge in [-0.05, 0) is 24.1 Å². The minimum atomic E-state index is -0.143. The standard InChI is InChI=1S/C23H25N5O4/c29-23(24-18-6-7-21-22(12-18)32-11-10-31-21)27-9-8-20(14-27)28-13-19(25-26-28)16-30-15-17-4-2-1-3-5-17/h1-7,12-13,20H,8-11,14-16H2,(H,24,29). The minimum Gasteiger partial charge on any atom is -0.486 e. The molecule has 2 aliphatic rings. The van der Waals surface area contributed by atoms with Gasteiger partial charge < -0.3 is 24.4 Å². The molecular formula is C23H25N5O4. The molecule has 1 atom stereocenters. The topological polar surface area (TPSA) is 90.7 Å². The molecule has 2 aromatic carbocycles. The van der Waals surface area contributed by atoms with Crippen molar-refractivity contribution in [3.8, 4) is 11.5 Å². The van der Waals surface area contributed by atoms with E-state index in [0.29, 0.717) is 56.7 Å². The smallest absolute Gasteiger partial charge is 0.321 e. The molecule has 1 N–H and O–H groups in total. The van der Waals surface area contributed by atoms with Crippen molar-refractivity contribution in [2.75, 3.05) is 31.6 Å². The maximum atomic E-state index is 12.7. The first kappa shape index (κ1) is 20.3. The lowest BCUT2D eigenvalue weighted by atomic mass is 10.2. The normalized spacial score (nSPS) is 17.4. The number of carbonyl (C=O) groups excluding carboxylic acids is 1. The van der Waals surface area contributed by atoms with E-state index in [-0.39, 0.29) is 12.1 Å². The van der Waals surface area contributed by atoms with Gasteiger partial charge in [-0.15, -0.1) is 5.10 Å². The molecule has 9 nitrogen and oxygen atoms in total. The lowest BCUT2D eigenvalue weighted by Crippen LogP contribution is -2.33. The first-order valence-corrected chi connectivity index (χ1v) is 10.7. The van der Waals surface area contributed by atoms with Crippen LogP contribution in [0.1, 0.15) is 23.7 Å². The Hall–Kier alpha value is -3.59. The fraction of sp³-hybridized carbons (Fsp3) is 0.348. The summed E-state index contributed by atoms with van der Waals surface area (Å²) in [5.74, 6) is 1.35. The Morgan fingerprint density at radius 1 is 1.09 bits per heavy atom. The van der Waals surface area contributed by atoms with E-state index < -0.39 is 0 Å². The van der Waals surface area contributed by atoms with E-state index in [2.05, 4.69) is 15.6 Å². The Balaban J connectivity index is 1.12. The summed E-state index contributed by atoms with van der Waals surface area (Å²) in [6, 6.07) is 15.4. The van der Waals surface area contributed by atoms with E-state index in [1.807, 2.05) is 53.3 Å². The lowest BCUT2D eigenvalue weighted by Gasteiger charge is -2.20. The van der Waals surface area contributed by atoms with Crippen LogP contribution < -0.4 is 14.8 Å². The quantitative estimate of drug-likeness (QED) is 0.639. The van der Waals surface area contributed by atoms with Crippen LogP contribution in [0.5, 0.6) is 11.5 Å². The van der Waals surface area contributed by atoms with Crippen molar-refractivity contribution in [3.05, 3.63) is 66.0 Å².